The largest absolute Gasteiger partial charge is 0.346 e. The lowest BCUT2D eigenvalue weighted by atomic mass is 10.1. The van der Waals surface area contributed by atoms with Crippen molar-refractivity contribution in [1.82, 2.24) is 4.57 Å². The normalized spacial score (nSPS) is 11.2. The molecule has 0 atom stereocenters. The van der Waals surface area contributed by atoms with Crippen molar-refractivity contribution in [2.24, 2.45) is 5.92 Å². The van der Waals surface area contributed by atoms with Gasteiger partial charge < -0.3 is 4.57 Å². The molecule has 0 aliphatic carbocycles. The van der Waals surface area contributed by atoms with Gasteiger partial charge in [-0.3, -0.25) is 9.59 Å². The van der Waals surface area contributed by atoms with Crippen LogP contribution in [0.5, 0.6) is 0 Å². The van der Waals surface area contributed by atoms with Gasteiger partial charge in [-0.1, -0.05) is 26.0 Å². The average molecular weight is 278 g/mol. The van der Waals surface area contributed by atoms with Crippen LogP contribution in [0, 0.1) is 5.92 Å². The predicted molar refractivity (Wildman–Crippen MR) is 77.8 cm³/mol. The molecule has 0 saturated heterocycles. The molecule has 0 saturated carbocycles. The molecule has 1 aromatic heterocycles. The third kappa shape index (κ3) is 2.87. The minimum absolute atomic E-state index is 0.0455. The lowest BCUT2D eigenvalue weighted by Crippen LogP contribution is -2.17. The second-order valence-electron chi connectivity index (χ2n) is 5.04. The smallest absolute Gasteiger partial charge is 0.257 e. The van der Waals surface area contributed by atoms with Crippen LogP contribution in [-0.2, 0) is 6.54 Å². The molecule has 19 heavy (non-hydrogen) atoms. The van der Waals surface area contributed by atoms with Crippen LogP contribution in [0.25, 0.3) is 10.9 Å². The van der Waals surface area contributed by atoms with Gasteiger partial charge in [-0.25, -0.2) is 0 Å². The summed E-state index contributed by atoms with van der Waals surface area (Å²) < 4.78 is 1.94. The summed E-state index contributed by atoms with van der Waals surface area (Å²) in [5.41, 5.74) is 0.593. The summed E-state index contributed by atoms with van der Waals surface area (Å²) >= 11 is 5.49. The number of hydrogen-bond acceptors (Lipinski definition) is 2. The Labute approximate surface area is 116 Å². The molecule has 0 amide bonds. The van der Waals surface area contributed by atoms with Crippen molar-refractivity contribution in [3.05, 3.63) is 46.2 Å². The summed E-state index contributed by atoms with van der Waals surface area (Å²) in [5.74, 6) is 0.549. The second-order valence-corrected chi connectivity index (χ2v) is 5.38. The highest BCUT2D eigenvalue weighted by atomic mass is 35.5. The highest BCUT2D eigenvalue weighted by molar-refractivity contribution is 6.67. The lowest BCUT2D eigenvalue weighted by Gasteiger charge is -2.13. The number of rotatable bonds is 4. The van der Waals surface area contributed by atoms with E-state index < -0.39 is 5.24 Å². The molecule has 0 unspecified atom stereocenters. The fourth-order valence-electron chi connectivity index (χ4n) is 2.07. The van der Waals surface area contributed by atoms with E-state index in [9.17, 15) is 9.59 Å². The lowest BCUT2D eigenvalue weighted by molar-refractivity contribution is 0.108. The topological polar surface area (TPSA) is 39.1 Å². The molecule has 0 aliphatic rings. The number of pyridine rings is 1. The van der Waals surface area contributed by atoms with Crippen molar-refractivity contribution in [3.8, 4) is 0 Å². The van der Waals surface area contributed by atoms with E-state index in [1.54, 1.807) is 18.3 Å². The van der Waals surface area contributed by atoms with Crippen molar-refractivity contribution in [2.45, 2.75) is 26.8 Å². The summed E-state index contributed by atoms with van der Waals surface area (Å²) in [7, 11) is 0. The van der Waals surface area contributed by atoms with E-state index >= 15 is 0 Å². The van der Waals surface area contributed by atoms with Gasteiger partial charge in [0.1, 0.15) is 0 Å². The fraction of sp³-hybridized carbons (Fsp3) is 0.333. The summed E-state index contributed by atoms with van der Waals surface area (Å²) in [6.07, 6.45) is 2.55. The van der Waals surface area contributed by atoms with Crippen molar-refractivity contribution >= 4 is 27.7 Å². The van der Waals surface area contributed by atoms with Gasteiger partial charge in [0.05, 0.1) is 11.1 Å². The predicted octanol–water partition coefficient (Wildman–Crippen LogP) is 3.43. The zero-order valence-electron chi connectivity index (χ0n) is 11.0. The number of aromatic nitrogens is 1. The Bertz CT molecular complexity index is 673. The SMILES string of the molecule is CC(C)CCn1cc(C(=O)Cl)c(=O)c2ccccc21. The molecule has 0 fully saturated rings. The second kappa shape index (κ2) is 5.57. The van der Waals surface area contributed by atoms with Gasteiger partial charge in [0.15, 0.2) is 0 Å². The maximum Gasteiger partial charge on any atom is 0.257 e. The zero-order chi connectivity index (χ0) is 14.0. The highest BCUT2D eigenvalue weighted by Crippen LogP contribution is 2.14. The maximum absolute atomic E-state index is 12.1. The molecule has 0 aliphatic heterocycles. The molecule has 2 rings (SSSR count). The van der Waals surface area contributed by atoms with Crippen LogP contribution in [0.15, 0.2) is 35.3 Å². The van der Waals surface area contributed by atoms with Crippen LogP contribution in [0.3, 0.4) is 0 Å². The number of halogens is 1. The Morgan fingerprint density at radius 3 is 2.63 bits per heavy atom. The summed E-state index contributed by atoms with van der Waals surface area (Å²) in [4.78, 5) is 23.5. The molecule has 0 N–H and O–H groups in total. The monoisotopic (exact) mass is 277 g/mol. The number of benzene rings is 1. The van der Waals surface area contributed by atoms with Crippen molar-refractivity contribution in [2.75, 3.05) is 0 Å². The van der Waals surface area contributed by atoms with Crippen LogP contribution >= 0.6 is 11.6 Å². The number of fused-ring (bicyclic) bond motifs is 1. The third-order valence-electron chi connectivity index (χ3n) is 3.15. The zero-order valence-corrected chi connectivity index (χ0v) is 11.8. The number of nitrogens with zero attached hydrogens (tertiary/aromatic N) is 1. The number of hydrogen-bond donors (Lipinski definition) is 0. The number of para-hydroxylation sites is 1. The Hall–Kier alpha value is -1.61. The first kappa shape index (κ1) is 13.8. The van der Waals surface area contributed by atoms with Gasteiger partial charge in [-0.15, -0.1) is 0 Å². The highest BCUT2D eigenvalue weighted by Gasteiger charge is 2.13. The van der Waals surface area contributed by atoms with E-state index in [0.29, 0.717) is 11.3 Å². The molecular formula is C15H16ClNO2. The van der Waals surface area contributed by atoms with E-state index in [1.807, 2.05) is 16.7 Å². The van der Waals surface area contributed by atoms with E-state index in [-0.39, 0.29) is 11.0 Å². The minimum Gasteiger partial charge on any atom is -0.346 e. The first-order chi connectivity index (χ1) is 9.00. The van der Waals surface area contributed by atoms with Gasteiger partial charge in [-0.2, -0.15) is 0 Å². The molecule has 1 aromatic carbocycles. The fourth-order valence-corrected chi connectivity index (χ4v) is 2.20. The summed E-state index contributed by atoms with van der Waals surface area (Å²) in [6.45, 7) is 5.03. The maximum atomic E-state index is 12.1. The molecule has 1 heterocycles. The van der Waals surface area contributed by atoms with Crippen LogP contribution in [0.1, 0.15) is 30.6 Å². The Balaban J connectivity index is 2.64. The Morgan fingerprint density at radius 1 is 1.32 bits per heavy atom. The van der Waals surface area contributed by atoms with Crippen LogP contribution < -0.4 is 5.43 Å². The molecule has 0 spiro atoms. The molecular weight excluding hydrogens is 262 g/mol. The molecule has 2 aromatic rings. The van der Waals surface area contributed by atoms with Crippen LogP contribution in [-0.4, -0.2) is 9.81 Å². The van der Waals surface area contributed by atoms with Gasteiger partial charge in [0.2, 0.25) is 5.43 Å². The van der Waals surface area contributed by atoms with Gasteiger partial charge in [0, 0.05) is 18.1 Å². The van der Waals surface area contributed by atoms with Crippen LogP contribution in [0.2, 0.25) is 0 Å². The third-order valence-corrected chi connectivity index (χ3v) is 3.35. The molecule has 0 bridgehead atoms. The molecule has 4 heteroatoms. The van der Waals surface area contributed by atoms with Crippen LogP contribution in [0.4, 0.5) is 0 Å². The van der Waals surface area contributed by atoms with Crippen molar-refractivity contribution in [3.63, 3.8) is 0 Å². The standard InChI is InChI=1S/C15H16ClNO2/c1-10(2)7-8-17-9-12(15(16)19)14(18)11-5-3-4-6-13(11)17/h3-6,9-10H,7-8H2,1-2H3. The first-order valence-corrected chi connectivity index (χ1v) is 6.70. The van der Waals surface area contributed by atoms with Gasteiger partial charge in [-0.05, 0) is 36.1 Å². The van der Waals surface area contributed by atoms with Gasteiger partial charge in [0.25, 0.3) is 5.24 Å². The van der Waals surface area contributed by atoms with E-state index in [0.717, 1.165) is 18.5 Å². The van der Waals surface area contributed by atoms with E-state index in [2.05, 4.69) is 13.8 Å². The van der Waals surface area contributed by atoms with Gasteiger partial charge >= 0.3 is 0 Å². The average Bonchev–Trinajstić information content (AvgIpc) is 2.37. The number of aryl methyl sites for hydroxylation is 1. The first-order valence-electron chi connectivity index (χ1n) is 6.32. The van der Waals surface area contributed by atoms with Crippen molar-refractivity contribution < 1.29 is 4.79 Å². The molecule has 0 radical (unpaired) electrons. The summed E-state index contributed by atoms with van der Waals surface area (Å²) in [6, 6.07) is 7.29. The molecule has 3 nitrogen and oxygen atoms in total. The van der Waals surface area contributed by atoms with E-state index in [4.69, 9.17) is 11.6 Å². The van der Waals surface area contributed by atoms with Crippen molar-refractivity contribution in [1.29, 1.82) is 0 Å². The number of carbonyl (C=O) groups excluding carboxylic acids is 1. The van der Waals surface area contributed by atoms with E-state index in [1.165, 1.54) is 0 Å². The Morgan fingerprint density at radius 2 is 2.00 bits per heavy atom. The molecule has 100 valence electrons. The minimum atomic E-state index is -0.700. The Kier molecular flexibility index (Phi) is 4.05. The quantitative estimate of drug-likeness (QED) is 0.803. The summed E-state index contributed by atoms with van der Waals surface area (Å²) in [5, 5.41) is -0.160. The number of carbonyl (C=O) groups is 1.